The van der Waals surface area contributed by atoms with E-state index in [4.69, 9.17) is 10.2 Å². The second-order valence-electron chi connectivity index (χ2n) is 7.25. The standard InChI is InChI=1S/C20H35NO6/c1-2-3-4-5-6-7-8-9-10-11-12-13-14-21(15-18(22)23,16-19(24)25)17-20(26)27/h12-13H,2-11,14-17H2,1H3,(H2-,22,23,24,25,26,27)/b13-12+. The van der Waals surface area contributed by atoms with E-state index in [1.807, 2.05) is 6.08 Å². The number of quaternary nitrogens is 1. The molecule has 0 aliphatic rings. The van der Waals surface area contributed by atoms with E-state index < -0.39 is 42.0 Å². The third-order valence-corrected chi connectivity index (χ3v) is 4.54. The maximum atomic E-state index is 11.1. The fraction of sp³-hybridized carbons (Fsp3) is 0.750. The second kappa shape index (κ2) is 15.2. The third kappa shape index (κ3) is 14.9. The van der Waals surface area contributed by atoms with Gasteiger partial charge in [-0.25, -0.2) is 9.59 Å². The monoisotopic (exact) mass is 385 g/mol. The van der Waals surface area contributed by atoms with E-state index >= 15 is 0 Å². The predicted molar refractivity (Wildman–Crippen MR) is 101 cm³/mol. The zero-order valence-corrected chi connectivity index (χ0v) is 16.5. The number of carbonyl (C=O) groups excluding carboxylic acids is 1. The van der Waals surface area contributed by atoms with Crippen molar-refractivity contribution in [3.05, 3.63) is 12.2 Å². The molecule has 0 unspecified atom stereocenters. The molecule has 2 N–H and O–H groups in total. The van der Waals surface area contributed by atoms with Crippen molar-refractivity contribution in [1.29, 1.82) is 0 Å². The normalized spacial score (nSPS) is 11.7. The van der Waals surface area contributed by atoms with Gasteiger partial charge < -0.3 is 20.1 Å². The van der Waals surface area contributed by atoms with Gasteiger partial charge in [0.25, 0.3) is 0 Å². The Hall–Kier alpha value is -1.89. The van der Waals surface area contributed by atoms with Crippen molar-refractivity contribution < 1.29 is 34.2 Å². The summed E-state index contributed by atoms with van der Waals surface area (Å²) in [5, 5.41) is 29.0. The van der Waals surface area contributed by atoms with Gasteiger partial charge in [0, 0.05) is 0 Å². The molecule has 0 aromatic carbocycles. The van der Waals surface area contributed by atoms with Crippen LogP contribution in [0.4, 0.5) is 0 Å². The lowest BCUT2D eigenvalue weighted by molar-refractivity contribution is -0.903. The lowest BCUT2D eigenvalue weighted by Crippen LogP contribution is -2.58. The van der Waals surface area contributed by atoms with Gasteiger partial charge in [-0.15, -0.1) is 0 Å². The lowest BCUT2D eigenvalue weighted by Gasteiger charge is -2.35. The highest BCUT2D eigenvalue weighted by molar-refractivity contribution is 5.72. The summed E-state index contributed by atoms with van der Waals surface area (Å²) in [6, 6.07) is 0. The molecule has 0 bridgehead atoms. The highest BCUT2D eigenvalue weighted by Crippen LogP contribution is 2.11. The topological polar surface area (TPSA) is 115 Å². The van der Waals surface area contributed by atoms with Gasteiger partial charge in [-0.3, -0.25) is 4.48 Å². The van der Waals surface area contributed by atoms with Crippen LogP contribution in [0.1, 0.15) is 71.1 Å². The summed E-state index contributed by atoms with van der Waals surface area (Å²) >= 11 is 0. The van der Waals surface area contributed by atoms with Gasteiger partial charge in [0.05, 0.1) is 12.5 Å². The first-order valence-corrected chi connectivity index (χ1v) is 9.95. The van der Waals surface area contributed by atoms with E-state index in [1.165, 1.54) is 44.9 Å². The molecule has 0 atom stereocenters. The molecule has 0 radical (unpaired) electrons. The van der Waals surface area contributed by atoms with Crippen molar-refractivity contribution in [3.8, 4) is 0 Å². The smallest absolute Gasteiger partial charge is 0.359 e. The molecule has 0 saturated carbocycles. The molecule has 7 heteroatoms. The summed E-state index contributed by atoms with van der Waals surface area (Å²) in [6.45, 7) is 0.481. The molecule has 0 aromatic heterocycles. The summed E-state index contributed by atoms with van der Waals surface area (Å²) in [4.78, 5) is 33.1. The number of carboxylic acids is 3. The Morgan fingerprint density at radius 1 is 0.778 bits per heavy atom. The number of aliphatic carboxylic acids is 3. The molecule has 0 aliphatic carbocycles. The van der Waals surface area contributed by atoms with Crippen LogP contribution >= 0.6 is 0 Å². The molecule has 0 aliphatic heterocycles. The first-order chi connectivity index (χ1) is 12.8. The molecule has 156 valence electrons. The van der Waals surface area contributed by atoms with E-state index in [0.717, 1.165) is 19.3 Å². The molecule has 0 heterocycles. The minimum atomic E-state index is -1.45. The summed E-state index contributed by atoms with van der Waals surface area (Å²) in [5.41, 5.74) is 0. The number of carbonyl (C=O) groups is 3. The molecule has 0 spiro atoms. The fourth-order valence-electron chi connectivity index (χ4n) is 3.20. The van der Waals surface area contributed by atoms with E-state index in [-0.39, 0.29) is 6.54 Å². The number of hydrogen-bond acceptors (Lipinski definition) is 4. The van der Waals surface area contributed by atoms with Crippen LogP contribution in [-0.2, 0) is 14.4 Å². The van der Waals surface area contributed by atoms with E-state index in [1.54, 1.807) is 6.08 Å². The average molecular weight is 386 g/mol. The van der Waals surface area contributed by atoms with E-state index in [2.05, 4.69) is 6.92 Å². The molecular formula is C20H35NO6. The van der Waals surface area contributed by atoms with Gasteiger partial charge in [0.1, 0.15) is 6.54 Å². The van der Waals surface area contributed by atoms with Crippen molar-refractivity contribution in [3.63, 3.8) is 0 Å². The minimum absolute atomic E-state index is 0.0456. The van der Waals surface area contributed by atoms with Gasteiger partial charge >= 0.3 is 11.9 Å². The number of allylic oxidation sites excluding steroid dienone is 1. The molecule has 0 saturated heterocycles. The largest absolute Gasteiger partial charge is 0.544 e. The van der Waals surface area contributed by atoms with Crippen LogP contribution in [0.5, 0.6) is 0 Å². The third-order valence-electron chi connectivity index (χ3n) is 4.54. The van der Waals surface area contributed by atoms with Crippen LogP contribution in [-0.4, -0.2) is 58.8 Å². The molecule has 0 amide bonds. The summed E-state index contributed by atoms with van der Waals surface area (Å²) in [6.07, 6.45) is 15.5. The predicted octanol–water partition coefficient (Wildman–Crippen LogP) is 2.20. The number of rotatable bonds is 18. The van der Waals surface area contributed by atoms with Gasteiger partial charge in [0.2, 0.25) is 0 Å². The zero-order chi connectivity index (χ0) is 20.5. The highest BCUT2D eigenvalue weighted by Gasteiger charge is 2.32. The molecule has 27 heavy (non-hydrogen) atoms. The summed E-state index contributed by atoms with van der Waals surface area (Å²) < 4.78 is -0.582. The van der Waals surface area contributed by atoms with E-state index in [9.17, 15) is 19.5 Å². The van der Waals surface area contributed by atoms with Crippen molar-refractivity contribution >= 4 is 17.9 Å². The highest BCUT2D eigenvalue weighted by atomic mass is 16.4. The number of nitrogens with zero attached hydrogens (tertiary/aromatic N) is 1. The summed E-state index contributed by atoms with van der Waals surface area (Å²) in [7, 11) is 0. The molecule has 7 nitrogen and oxygen atoms in total. The van der Waals surface area contributed by atoms with Gasteiger partial charge in [-0.05, 0) is 18.9 Å². The quantitative estimate of drug-likeness (QED) is 0.212. The lowest BCUT2D eigenvalue weighted by atomic mass is 10.1. The number of carboxylic acid groups (broad SMARTS) is 3. The SMILES string of the molecule is CCCCCCCCCCC/C=C/C[N+](CC(=O)[O-])(CC(=O)O)CC(=O)O. The van der Waals surface area contributed by atoms with Crippen LogP contribution in [0.25, 0.3) is 0 Å². The molecule has 0 fully saturated rings. The first kappa shape index (κ1) is 25.1. The Kier molecular flexibility index (Phi) is 14.1. The average Bonchev–Trinajstić information content (AvgIpc) is 2.53. The van der Waals surface area contributed by atoms with Crippen LogP contribution in [0.2, 0.25) is 0 Å². The number of unbranched alkanes of at least 4 members (excludes halogenated alkanes) is 9. The van der Waals surface area contributed by atoms with Crippen molar-refractivity contribution in [2.24, 2.45) is 0 Å². The summed E-state index contributed by atoms with van der Waals surface area (Å²) in [5.74, 6) is -3.92. The Morgan fingerprint density at radius 2 is 1.26 bits per heavy atom. The van der Waals surface area contributed by atoms with Gasteiger partial charge in [0.15, 0.2) is 13.1 Å². The van der Waals surface area contributed by atoms with Crippen LogP contribution in [0.15, 0.2) is 12.2 Å². The minimum Gasteiger partial charge on any atom is -0.544 e. The Labute approximate surface area is 162 Å². The van der Waals surface area contributed by atoms with E-state index in [0.29, 0.717) is 0 Å². The maximum Gasteiger partial charge on any atom is 0.359 e. The Balaban J connectivity index is 4.23. The number of hydrogen-bond donors (Lipinski definition) is 2. The Bertz CT molecular complexity index is 434. The van der Waals surface area contributed by atoms with Crippen molar-refractivity contribution in [1.82, 2.24) is 0 Å². The van der Waals surface area contributed by atoms with Crippen LogP contribution in [0, 0.1) is 0 Å². The second-order valence-corrected chi connectivity index (χ2v) is 7.25. The van der Waals surface area contributed by atoms with Crippen LogP contribution in [0.3, 0.4) is 0 Å². The molecule has 0 aromatic rings. The fourth-order valence-corrected chi connectivity index (χ4v) is 3.20. The van der Waals surface area contributed by atoms with Crippen molar-refractivity contribution in [2.75, 3.05) is 26.2 Å². The Morgan fingerprint density at radius 3 is 1.70 bits per heavy atom. The van der Waals surface area contributed by atoms with Crippen molar-refractivity contribution in [2.45, 2.75) is 71.1 Å². The zero-order valence-electron chi connectivity index (χ0n) is 16.5. The maximum absolute atomic E-state index is 11.1. The molecular weight excluding hydrogens is 350 g/mol. The first-order valence-electron chi connectivity index (χ1n) is 9.95. The molecule has 0 rings (SSSR count). The van der Waals surface area contributed by atoms with Gasteiger partial charge in [-0.1, -0.05) is 64.4 Å². The van der Waals surface area contributed by atoms with Gasteiger partial charge in [-0.2, -0.15) is 0 Å². The van der Waals surface area contributed by atoms with Crippen LogP contribution < -0.4 is 5.11 Å².